The van der Waals surface area contributed by atoms with Gasteiger partial charge >= 0.3 is 0 Å². The van der Waals surface area contributed by atoms with Crippen LogP contribution in [-0.2, 0) is 0 Å². The van der Waals surface area contributed by atoms with Gasteiger partial charge in [0.05, 0.1) is 6.85 Å². The maximum Gasteiger partial charge on any atom is 0.143 e. The van der Waals surface area contributed by atoms with Crippen LogP contribution in [0.4, 0.5) is 0 Å². The maximum absolute atomic E-state index is 8.87. The van der Waals surface area contributed by atoms with E-state index in [2.05, 4.69) is 84.9 Å². The van der Waals surface area contributed by atoms with Crippen LogP contribution in [0.1, 0.15) is 6.85 Å². The van der Waals surface area contributed by atoms with Crippen molar-refractivity contribution in [2.75, 3.05) is 0 Å². The summed E-state index contributed by atoms with van der Waals surface area (Å²) in [4.78, 5) is 0. The molecule has 0 amide bonds. The van der Waals surface area contributed by atoms with Gasteiger partial charge in [0.25, 0.3) is 0 Å². The highest BCUT2D eigenvalue weighted by atomic mass is 16.5. The summed E-state index contributed by atoms with van der Waals surface area (Å²) in [5.41, 5.74) is 5.25. The van der Waals surface area contributed by atoms with E-state index in [-0.39, 0.29) is 29.7 Å². The number of rotatable bonds is 2. The highest BCUT2D eigenvalue weighted by Crippen LogP contribution is 2.51. The number of benzene rings is 9. The van der Waals surface area contributed by atoms with Gasteiger partial charge in [0, 0.05) is 16.3 Å². The summed E-state index contributed by atoms with van der Waals surface area (Å²) < 4.78 is 49.5. The highest BCUT2D eigenvalue weighted by molar-refractivity contribution is 6.23. The molecular formula is C44H26O. The zero-order valence-electron chi connectivity index (χ0n) is 29.0. The van der Waals surface area contributed by atoms with Gasteiger partial charge in [0.15, 0.2) is 0 Å². The van der Waals surface area contributed by atoms with Crippen LogP contribution in [-0.4, -0.2) is 0 Å². The van der Waals surface area contributed by atoms with Crippen LogP contribution in [0, 0.1) is 0 Å². The molecule has 1 aliphatic heterocycles. The molecule has 0 saturated heterocycles. The fourth-order valence-electron chi connectivity index (χ4n) is 7.38. The van der Waals surface area contributed by atoms with Gasteiger partial charge in [-0.2, -0.15) is 0 Å². The molecule has 1 nitrogen and oxygen atoms in total. The molecule has 45 heavy (non-hydrogen) atoms. The minimum atomic E-state index is -0.397. The molecule has 0 spiro atoms. The minimum absolute atomic E-state index is 0.205. The Morgan fingerprint density at radius 3 is 2.00 bits per heavy atom. The van der Waals surface area contributed by atoms with Crippen LogP contribution in [0.3, 0.4) is 0 Å². The summed E-state index contributed by atoms with van der Waals surface area (Å²) in [5.74, 6) is 1.72. The molecule has 0 atom stereocenters. The van der Waals surface area contributed by atoms with E-state index in [1.165, 1.54) is 0 Å². The Bertz CT molecular complexity index is 2940. The molecule has 0 unspecified atom stereocenters. The van der Waals surface area contributed by atoms with Crippen LogP contribution < -0.4 is 4.74 Å². The second kappa shape index (κ2) is 9.29. The maximum atomic E-state index is 8.87. The van der Waals surface area contributed by atoms with Gasteiger partial charge in [-0.15, -0.1) is 0 Å². The summed E-state index contributed by atoms with van der Waals surface area (Å²) in [7, 11) is 0. The van der Waals surface area contributed by atoms with Crippen LogP contribution >= 0.6 is 0 Å². The lowest BCUT2D eigenvalue weighted by Crippen LogP contribution is -1.99. The fraction of sp³-hybridized carbons (Fsp3) is 0. The van der Waals surface area contributed by atoms with Crippen LogP contribution in [0.2, 0.25) is 0 Å². The molecule has 0 saturated carbocycles. The Kier molecular flexibility index (Phi) is 4.15. The molecule has 9 aromatic rings. The van der Waals surface area contributed by atoms with Gasteiger partial charge in [-0.25, -0.2) is 0 Å². The average Bonchev–Trinajstić information content (AvgIpc) is 3.16. The van der Waals surface area contributed by atoms with Gasteiger partial charge in [-0.3, -0.25) is 0 Å². The highest BCUT2D eigenvalue weighted by Gasteiger charge is 2.24. The molecule has 0 radical (unpaired) electrons. The van der Waals surface area contributed by atoms with Crippen molar-refractivity contribution in [3.05, 3.63) is 158 Å². The Hall–Kier alpha value is -5.92. The standard InChI is InChI=1S/C44H26O/c1-2-11-28(12-3-1)42-30-14-6-5-13-29(30)26-40-33-17-8-16-32(34(33)22-23-38(40)42)35-24-25-41-43-36(35)18-9-19-37(43)39-21-20-27-10-4-7-15-31(27)44(39)45-41/h1-26H/i1D,2D,3D,11D,12D. The third kappa shape index (κ3) is 3.50. The predicted octanol–water partition coefficient (Wildman–Crippen LogP) is 12.6. The number of ether oxygens (including phenoxy) is 1. The molecule has 0 aliphatic carbocycles. The lowest BCUT2D eigenvalue weighted by Gasteiger charge is -2.24. The van der Waals surface area contributed by atoms with Crippen LogP contribution in [0.5, 0.6) is 11.5 Å². The van der Waals surface area contributed by atoms with Crippen molar-refractivity contribution in [3.8, 4) is 44.9 Å². The molecule has 1 heterocycles. The molecule has 9 aromatic carbocycles. The molecular weight excluding hydrogens is 544 g/mol. The zero-order chi connectivity index (χ0) is 33.8. The van der Waals surface area contributed by atoms with Crippen molar-refractivity contribution in [1.82, 2.24) is 0 Å². The van der Waals surface area contributed by atoms with E-state index in [1.807, 2.05) is 42.5 Å². The molecule has 10 rings (SSSR count). The molecule has 0 bridgehead atoms. The Morgan fingerprint density at radius 1 is 0.422 bits per heavy atom. The second-order valence-corrected chi connectivity index (χ2v) is 11.6. The Balaban J connectivity index is 1.25. The van der Waals surface area contributed by atoms with Crippen molar-refractivity contribution < 1.29 is 11.6 Å². The second-order valence-electron chi connectivity index (χ2n) is 11.6. The fourth-order valence-corrected chi connectivity index (χ4v) is 7.38. The Labute approximate surface area is 267 Å². The number of fused-ring (bicyclic) bond motifs is 8. The normalized spacial score (nSPS) is 13.7. The lowest BCUT2D eigenvalue weighted by atomic mass is 9.86. The molecule has 0 aromatic heterocycles. The first kappa shape index (κ1) is 20.1. The van der Waals surface area contributed by atoms with E-state index in [4.69, 9.17) is 11.6 Å². The first-order valence-electron chi connectivity index (χ1n) is 17.6. The SMILES string of the molecule is [2H]c1c([2H])c([2H])c(-c2c3ccccc3cc3c2ccc2c(-c4ccc5c6c(cccc46)-c4ccc6ccccc6c4O5)cccc23)c([2H])c1[2H]. The van der Waals surface area contributed by atoms with Crippen LogP contribution in [0.15, 0.2) is 158 Å². The molecule has 1 heteroatoms. The van der Waals surface area contributed by atoms with Gasteiger partial charge in [0.2, 0.25) is 0 Å². The van der Waals surface area contributed by atoms with Crippen molar-refractivity contribution in [3.63, 3.8) is 0 Å². The largest absolute Gasteiger partial charge is 0.455 e. The van der Waals surface area contributed by atoms with Crippen molar-refractivity contribution in [2.45, 2.75) is 0 Å². The van der Waals surface area contributed by atoms with Gasteiger partial charge in [-0.05, 0) is 89.1 Å². The van der Waals surface area contributed by atoms with E-state index < -0.39 is 6.04 Å². The van der Waals surface area contributed by atoms with Crippen molar-refractivity contribution in [2.24, 2.45) is 0 Å². The Morgan fingerprint density at radius 2 is 1.11 bits per heavy atom. The summed E-state index contributed by atoms with van der Waals surface area (Å²) in [6, 6.07) is 42.3. The van der Waals surface area contributed by atoms with E-state index in [0.29, 0.717) is 5.56 Å². The molecule has 208 valence electrons. The quantitative estimate of drug-likeness (QED) is 0.147. The van der Waals surface area contributed by atoms with Gasteiger partial charge < -0.3 is 4.74 Å². The average molecular weight is 576 g/mol. The molecule has 1 aliphatic rings. The number of hydrogen-bond acceptors (Lipinski definition) is 1. The monoisotopic (exact) mass is 575 g/mol. The first-order chi connectivity index (χ1) is 24.4. The molecule has 0 fully saturated rings. The van der Waals surface area contributed by atoms with Crippen molar-refractivity contribution in [1.29, 1.82) is 0 Å². The van der Waals surface area contributed by atoms with E-state index >= 15 is 0 Å². The number of hydrogen-bond donors (Lipinski definition) is 0. The van der Waals surface area contributed by atoms with E-state index in [1.54, 1.807) is 0 Å². The predicted molar refractivity (Wildman–Crippen MR) is 190 cm³/mol. The minimum Gasteiger partial charge on any atom is -0.455 e. The van der Waals surface area contributed by atoms with Crippen LogP contribution in [0.25, 0.3) is 87.2 Å². The topological polar surface area (TPSA) is 9.23 Å². The van der Waals surface area contributed by atoms with Gasteiger partial charge in [0.1, 0.15) is 11.5 Å². The van der Waals surface area contributed by atoms with E-state index in [9.17, 15) is 0 Å². The third-order valence-electron chi connectivity index (χ3n) is 9.33. The molecule has 0 N–H and O–H groups in total. The summed E-state index contributed by atoms with van der Waals surface area (Å²) in [6.45, 7) is 0. The first-order valence-corrected chi connectivity index (χ1v) is 15.1. The third-order valence-corrected chi connectivity index (χ3v) is 9.33. The van der Waals surface area contributed by atoms with Crippen molar-refractivity contribution >= 4 is 53.9 Å². The smallest absolute Gasteiger partial charge is 0.143 e. The summed E-state index contributed by atoms with van der Waals surface area (Å²) in [5, 5.41) is 10.1. The van der Waals surface area contributed by atoms with E-state index in [0.717, 1.165) is 87.6 Å². The summed E-state index contributed by atoms with van der Waals surface area (Å²) in [6.07, 6.45) is 0. The lowest BCUT2D eigenvalue weighted by molar-refractivity contribution is 0.493. The zero-order valence-corrected chi connectivity index (χ0v) is 24.0. The van der Waals surface area contributed by atoms with Gasteiger partial charge in [-0.1, -0.05) is 139 Å². The summed E-state index contributed by atoms with van der Waals surface area (Å²) >= 11 is 0.